The van der Waals surface area contributed by atoms with Crippen molar-refractivity contribution >= 4 is 23.1 Å². The van der Waals surface area contributed by atoms with Gasteiger partial charge in [0.15, 0.2) is 0 Å². The molecular formula is C16H21N5S2. The second kappa shape index (κ2) is 8.31. The number of aryl methyl sites for hydroxylation is 2. The first-order valence-electron chi connectivity index (χ1n) is 7.85. The smallest absolute Gasteiger partial charge is 0.208 e. The molecule has 0 bridgehead atoms. The van der Waals surface area contributed by atoms with Crippen LogP contribution in [-0.2, 0) is 13.0 Å². The number of thiophene rings is 1. The Kier molecular flexibility index (Phi) is 5.87. The maximum atomic E-state index is 4.54. The van der Waals surface area contributed by atoms with E-state index in [-0.39, 0.29) is 0 Å². The van der Waals surface area contributed by atoms with E-state index in [0.717, 1.165) is 29.7 Å². The Morgan fingerprint density at radius 2 is 2.26 bits per heavy atom. The minimum Gasteiger partial charge on any atom is -0.272 e. The molecule has 0 saturated carbocycles. The summed E-state index contributed by atoms with van der Waals surface area (Å²) in [5.74, 6) is 2.01. The largest absolute Gasteiger partial charge is 0.272 e. The van der Waals surface area contributed by atoms with Crippen LogP contribution in [0.1, 0.15) is 35.5 Å². The van der Waals surface area contributed by atoms with Gasteiger partial charge in [-0.1, -0.05) is 24.2 Å². The molecule has 7 heteroatoms. The van der Waals surface area contributed by atoms with Gasteiger partial charge in [-0.25, -0.2) is 4.98 Å². The minimum absolute atomic E-state index is 0.842. The van der Waals surface area contributed by atoms with Crippen molar-refractivity contribution in [3.63, 3.8) is 0 Å². The fourth-order valence-corrected chi connectivity index (χ4v) is 3.83. The van der Waals surface area contributed by atoms with E-state index in [2.05, 4.69) is 50.9 Å². The molecule has 0 aliphatic carbocycles. The Balaban J connectivity index is 1.31. The lowest BCUT2D eigenvalue weighted by Crippen LogP contribution is -1.98. The molecule has 0 radical (unpaired) electrons. The van der Waals surface area contributed by atoms with Crippen LogP contribution in [0.2, 0.25) is 0 Å². The van der Waals surface area contributed by atoms with Crippen molar-refractivity contribution < 1.29 is 0 Å². The molecule has 0 aliphatic heterocycles. The van der Waals surface area contributed by atoms with Gasteiger partial charge in [0, 0.05) is 29.8 Å². The number of hydrogen-bond donors (Lipinski definition) is 1. The molecule has 0 amide bonds. The van der Waals surface area contributed by atoms with Crippen LogP contribution >= 0.6 is 23.1 Å². The van der Waals surface area contributed by atoms with E-state index in [1.54, 1.807) is 23.1 Å². The number of thioether (sulfide) groups is 1. The summed E-state index contributed by atoms with van der Waals surface area (Å²) in [5.41, 5.74) is 1.23. The molecule has 3 heterocycles. The van der Waals surface area contributed by atoms with Crippen molar-refractivity contribution in [3.8, 4) is 0 Å². The van der Waals surface area contributed by atoms with E-state index >= 15 is 0 Å². The predicted octanol–water partition coefficient (Wildman–Crippen LogP) is 3.92. The van der Waals surface area contributed by atoms with Crippen molar-refractivity contribution in [2.45, 2.75) is 44.3 Å². The molecule has 0 spiro atoms. The maximum Gasteiger partial charge on any atom is 0.208 e. The lowest BCUT2D eigenvalue weighted by atomic mass is 10.2. The average molecular weight is 348 g/mol. The van der Waals surface area contributed by atoms with E-state index in [1.807, 2.05) is 10.9 Å². The van der Waals surface area contributed by atoms with Gasteiger partial charge in [0.05, 0.1) is 6.20 Å². The van der Waals surface area contributed by atoms with Gasteiger partial charge in [-0.3, -0.25) is 9.78 Å². The number of H-pyrrole nitrogens is 1. The standard InChI is InChI=1S/C16H21N5S2/c1-13-11-17-21(12-13)7-3-2-4-8-23-16-18-15(19-20-16)10-14-6-5-9-22-14/h5-6,9,11-12H,2-4,7-8,10H2,1H3,(H,18,19,20). The predicted molar refractivity (Wildman–Crippen MR) is 95.0 cm³/mol. The molecule has 23 heavy (non-hydrogen) atoms. The fourth-order valence-electron chi connectivity index (χ4n) is 2.30. The van der Waals surface area contributed by atoms with Crippen LogP contribution in [0, 0.1) is 6.92 Å². The van der Waals surface area contributed by atoms with E-state index < -0.39 is 0 Å². The SMILES string of the molecule is Cc1cnn(CCCCCSc2n[nH]c(Cc3cccs3)n2)c1. The third kappa shape index (κ3) is 5.21. The number of nitrogens with one attached hydrogen (secondary N) is 1. The van der Waals surface area contributed by atoms with Crippen LogP contribution in [0.15, 0.2) is 35.1 Å². The Labute approximate surface area is 144 Å². The topological polar surface area (TPSA) is 59.4 Å². The first kappa shape index (κ1) is 16.3. The minimum atomic E-state index is 0.842. The molecule has 5 nitrogen and oxygen atoms in total. The highest BCUT2D eigenvalue weighted by Gasteiger charge is 2.05. The van der Waals surface area contributed by atoms with Crippen LogP contribution in [0.25, 0.3) is 0 Å². The van der Waals surface area contributed by atoms with Crippen molar-refractivity contribution in [2.24, 2.45) is 0 Å². The van der Waals surface area contributed by atoms with E-state index in [1.165, 1.54) is 29.7 Å². The van der Waals surface area contributed by atoms with Crippen LogP contribution in [0.4, 0.5) is 0 Å². The molecule has 3 aromatic rings. The van der Waals surface area contributed by atoms with Crippen LogP contribution in [0.3, 0.4) is 0 Å². The Bertz CT molecular complexity index is 702. The zero-order valence-corrected chi connectivity index (χ0v) is 14.9. The highest BCUT2D eigenvalue weighted by atomic mass is 32.2. The average Bonchev–Trinajstić information content (AvgIpc) is 3.27. The molecule has 3 rings (SSSR count). The quantitative estimate of drug-likeness (QED) is 0.471. The van der Waals surface area contributed by atoms with Crippen molar-refractivity contribution in [1.82, 2.24) is 25.0 Å². The molecule has 3 aromatic heterocycles. The molecule has 0 aliphatic rings. The number of nitrogens with zero attached hydrogens (tertiary/aromatic N) is 4. The highest BCUT2D eigenvalue weighted by molar-refractivity contribution is 7.99. The first-order chi connectivity index (χ1) is 11.3. The van der Waals surface area contributed by atoms with Crippen LogP contribution in [0.5, 0.6) is 0 Å². The molecule has 0 fully saturated rings. The van der Waals surface area contributed by atoms with E-state index in [9.17, 15) is 0 Å². The Morgan fingerprint density at radius 3 is 3.04 bits per heavy atom. The number of unbranched alkanes of at least 4 members (excludes halogenated alkanes) is 2. The summed E-state index contributed by atoms with van der Waals surface area (Å²) < 4.78 is 2.02. The van der Waals surface area contributed by atoms with Gasteiger partial charge in [0.1, 0.15) is 5.82 Å². The van der Waals surface area contributed by atoms with Gasteiger partial charge in [0.25, 0.3) is 0 Å². The zero-order valence-electron chi connectivity index (χ0n) is 13.2. The van der Waals surface area contributed by atoms with E-state index in [4.69, 9.17) is 0 Å². The summed E-state index contributed by atoms with van der Waals surface area (Å²) in [7, 11) is 0. The number of rotatable bonds is 9. The van der Waals surface area contributed by atoms with Gasteiger partial charge >= 0.3 is 0 Å². The molecule has 0 saturated heterocycles. The van der Waals surface area contributed by atoms with E-state index in [0.29, 0.717) is 0 Å². The van der Waals surface area contributed by atoms with Crippen molar-refractivity contribution in [1.29, 1.82) is 0 Å². The Hall–Kier alpha value is -1.60. The summed E-state index contributed by atoms with van der Waals surface area (Å²) in [6.45, 7) is 3.08. The third-order valence-electron chi connectivity index (χ3n) is 3.46. The molecule has 0 aromatic carbocycles. The highest BCUT2D eigenvalue weighted by Crippen LogP contribution is 2.17. The Morgan fingerprint density at radius 1 is 1.30 bits per heavy atom. The molecular weight excluding hydrogens is 326 g/mol. The second-order valence-corrected chi connectivity index (χ2v) is 7.61. The van der Waals surface area contributed by atoms with Gasteiger partial charge < -0.3 is 0 Å². The second-order valence-electron chi connectivity index (χ2n) is 5.51. The molecule has 1 N–H and O–H groups in total. The monoisotopic (exact) mass is 347 g/mol. The fraction of sp³-hybridized carbons (Fsp3) is 0.438. The number of hydrogen-bond acceptors (Lipinski definition) is 5. The lowest BCUT2D eigenvalue weighted by molar-refractivity contribution is 0.554. The lowest BCUT2D eigenvalue weighted by Gasteiger charge is -2.01. The first-order valence-corrected chi connectivity index (χ1v) is 9.71. The summed E-state index contributed by atoms with van der Waals surface area (Å²) in [6.07, 6.45) is 8.40. The maximum absolute atomic E-state index is 4.54. The van der Waals surface area contributed by atoms with Crippen molar-refractivity contribution in [3.05, 3.63) is 46.2 Å². The number of aromatic amines is 1. The summed E-state index contributed by atoms with van der Waals surface area (Å²) in [6, 6.07) is 4.19. The van der Waals surface area contributed by atoms with Gasteiger partial charge in [0.2, 0.25) is 5.16 Å². The van der Waals surface area contributed by atoms with Crippen LogP contribution in [-0.4, -0.2) is 30.7 Å². The summed E-state index contributed by atoms with van der Waals surface area (Å²) in [4.78, 5) is 5.85. The van der Waals surface area contributed by atoms with Crippen LogP contribution < -0.4 is 0 Å². The van der Waals surface area contributed by atoms with Crippen molar-refractivity contribution in [2.75, 3.05) is 5.75 Å². The number of aromatic nitrogens is 5. The zero-order chi connectivity index (χ0) is 15.9. The van der Waals surface area contributed by atoms with Gasteiger partial charge in [-0.15, -0.1) is 16.4 Å². The molecule has 122 valence electrons. The van der Waals surface area contributed by atoms with Gasteiger partial charge in [-0.05, 0) is 36.8 Å². The molecule has 0 atom stereocenters. The summed E-state index contributed by atoms with van der Waals surface area (Å²) in [5, 5.41) is 14.6. The normalized spacial score (nSPS) is 11.2. The molecule has 0 unspecified atom stereocenters. The van der Waals surface area contributed by atoms with Gasteiger partial charge in [-0.2, -0.15) is 5.10 Å². The summed E-state index contributed by atoms with van der Waals surface area (Å²) >= 11 is 3.48. The third-order valence-corrected chi connectivity index (χ3v) is 5.27.